The number of carbonyl (C=O) groups is 2. The van der Waals surface area contributed by atoms with Gasteiger partial charge in [0.15, 0.2) is 6.04 Å². The maximum Gasteiger partial charge on any atom is 0.328 e. The topological polar surface area (TPSA) is 102 Å². The van der Waals surface area contributed by atoms with E-state index in [0.29, 0.717) is 5.69 Å². The van der Waals surface area contributed by atoms with Crippen LogP contribution in [-0.2, 0) is 4.79 Å². The first-order valence-electron chi connectivity index (χ1n) is 5.63. The second-order valence-electron chi connectivity index (χ2n) is 4.08. The highest BCUT2D eigenvalue weighted by molar-refractivity contribution is 5.95. The van der Waals surface area contributed by atoms with E-state index in [1.807, 2.05) is 31.1 Å². The highest BCUT2D eigenvalue weighted by Gasteiger charge is 2.19. The van der Waals surface area contributed by atoms with Gasteiger partial charge in [-0.3, -0.25) is 0 Å². The van der Waals surface area contributed by atoms with E-state index in [-0.39, 0.29) is 0 Å². The van der Waals surface area contributed by atoms with Crippen molar-refractivity contribution in [2.24, 2.45) is 0 Å². The van der Waals surface area contributed by atoms with Crippen LogP contribution in [0.1, 0.15) is 0 Å². The molecule has 0 saturated heterocycles. The molecule has 19 heavy (non-hydrogen) atoms. The molecule has 0 fully saturated rings. The minimum absolute atomic E-state index is 0.548. The van der Waals surface area contributed by atoms with Crippen LogP contribution in [0.5, 0.6) is 0 Å². The fourth-order valence-corrected chi connectivity index (χ4v) is 1.47. The Kier molecular flexibility index (Phi) is 5.13. The fourth-order valence-electron chi connectivity index (χ4n) is 1.47. The van der Waals surface area contributed by atoms with Gasteiger partial charge in [0.2, 0.25) is 0 Å². The maximum absolute atomic E-state index is 11.6. The quantitative estimate of drug-likeness (QED) is 0.615. The number of aliphatic hydroxyl groups excluding tert-OH is 1. The zero-order valence-electron chi connectivity index (χ0n) is 10.8. The molecule has 0 aliphatic carbocycles. The fraction of sp³-hybridized carbons (Fsp3) is 0.333. The number of nitrogens with one attached hydrogen (secondary N) is 2. The predicted molar refractivity (Wildman–Crippen MR) is 71.4 cm³/mol. The van der Waals surface area contributed by atoms with Gasteiger partial charge in [0.1, 0.15) is 0 Å². The number of carboxylic acid groups (broad SMARTS) is 1. The van der Waals surface area contributed by atoms with E-state index >= 15 is 0 Å². The summed E-state index contributed by atoms with van der Waals surface area (Å²) >= 11 is 0. The van der Waals surface area contributed by atoms with E-state index in [4.69, 9.17) is 10.2 Å². The molecule has 4 N–H and O–H groups in total. The Labute approximate surface area is 110 Å². The molecule has 0 unspecified atom stereocenters. The second-order valence-corrected chi connectivity index (χ2v) is 4.08. The minimum atomic E-state index is -1.33. The lowest BCUT2D eigenvalue weighted by molar-refractivity contribution is -0.140. The van der Waals surface area contributed by atoms with Crippen molar-refractivity contribution in [2.75, 3.05) is 30.9 Å². The number of hydrogen-bond acceptors (Lipinski definition) is 4. The first-order valence-corrected chi connectivity index (χ1v) is 5.63. The second kappa shape index (κ2) is 6.60. The maximum atomic E-state index is 11.6. The van der Waals surface area contributed by atoms with Gasteiger partial charge < -0.3 is 25.7 Å². The van der Waals surface area contributed by atoms with Gasteiger partial charge in [-0.25, -0.2) is 9.59 Å². The lowest BCUT2D eigenvalue weighted by Crippen LogP contribution is -2.45. The van der Waals surface area contributed by atoms with Crippen molar-refractivity contribution in [3.05, 3.63) is 24.3 Å². The molecule has 0 aliphatic rings. The largest absolute Gasteiger partial charge is 0.480 e. The van der Waals surface area contributed by atoms with Crippen LogP contribution < -0.4 is 15.5 Å². The Morgan fingerprint density at radius 1 is 1.32 bits per heavy atom. The molecular formula is C12H17N3O4. The summed E-state index contributed by atoms with van der Waals surface area (Å²) in [5.41, 5.74) is 1.33. The van der Waals surface area contributed by atoms with Gasteiger partial charge in [-0.2, -0.15) is 0 Å². The molecule has 0 spiro atoms. The number of benzene rings is 1. The van der Waals surface area contributed by atoms with E-state index in [2.05, 4.69) is 10.6 Å². The minimum Gasteiger partial charge on any atom is -0.480 e. The summed E-state index contributed by atoms with van der Waals surface area (Å²) in [6, 6.07) is 5.08. The number of rotatable bonds is 5. The number of para-hydroxylation sites is 2. The molecule has 1 rings (SSSR count). The number of carboxylic acids is 1. The Hall–Kier alpha value is -2.28. The normalized spacial score (nSPS) is 11.5. The Morgan fingerprint density at radius 3 is 2.47 bits per heavy atom. The first kappa shape index (κ1) is 14.8. The zero-order chi connectivity index (χ0) is 14.4. The molecule has 0 saturated carbocycles. The molecule has 104 valence electrons. The Morgan fingerprint density at radius 2 is 1.95 bits per heavy atom. The Bertz CT molecular complexity index is 462. The van der Waals surface area contributed by atoms with E-state index in [0.717, 1.165) is 5.69 Å². The summed E-state index contributed by atoms with van der Waals surface area (Å²) in [4.78, 5) is 24.1. The van der Waals surface area contributed by atoms with Crippen LogP contribution in [0.3, 0.4) is 0 Å². The lowest BCUT2D eigenvalue weighted by Gasteiger charge is -2.19. The van der Waals surface area contributed by atoms with Gasteiger partial charge in [-0.15, -0.1) is 0 Å². The molecule has 0 heterocycles. The van der Waals surface area contributed by atoms with Crippen molar-refractivity contribution in [3.63, 3.8) is 0 Å². The number of aliphatic hydroxyl groups is 1. The van der Waals surface area contributed by atoms with Gasteiger partial charge in [0.25, 0.3) is 0 Å². The molecule has 7 nitrogen and oxygen atoms in total. The molecule has 7 heteroatoms. The zero-order valence-corrected chi connectivity index (χ0v) is 10.8. The van der Waals surface area contributed by atoms with Gasteiger partial charge in [0.05, 0.1) is 18.0 Å². The average molecular weight is 267 g/mol. The lowest BCUT2D eigenvalue weighted by atomic mass is 10.2. The molecule has 1 aromatic rings. The molecule has 0 bridgehead atoms. The van der Waals surface area contributed by atoms with E-state index in [9.17, 15) is 9.59 Å². The van der Waals surface area contributed by atoms with Crippen molar-refractivity contribution in [1.82, 2.24) is 5.32 Å². The van der Waals surface area contributed by atoms with Crippen LogP contribution in [0.4, 0.5) is 16.2 Å². The summed E-state index contributed by atoms with van der Waals surface area (Å²) in [5.74, 6) is -1.29. The summed E-state index contributed by atoms with van der Waals surface area (Å²) in [7, 11) is 3.65. The number of nitrogens with zero attached hydrogens (tertiary/aromatic N) is 1. The van der Waals surface area contributed by atoms with Crippen LogP contribution >= 0.6 is 0 Å². The third kappa shape index (κ3) is 4.14. The number of urea groups is 1. The number of carbonyl (C=O) groups excluding carboxylic acids is 1. The van der Waals surface area contributed by atoms with Crippen molar-refractivity contribution in [1.29, 1.82) is 0 Å². The summed E-state index contributed by atoms with van der Waals surface area (Å²) in [5, 5.41) is 22.3. The molecule has 2 amide bonds. The number of amides is 2. The van der Waals surface area contributed by atoms with Crippen molar-refractivity contribution in [3.8, 4) is 0 Å². The van der Waals surface area contributed by atoms with Crippen LogP contribution in [0.15, 0.2) is 24.3 Å². The average Bonchev–Trinajstić information content (AvgIpc) is 2.35. The smallest absolute Gasteiger partial charge is 0.328 e. The monoisotopic (exact) mass is 267 g/mol. The Balaban J connectivity index is 2.74. The third-order valence-corrected chi connectivity index (χ3v) is 2.42. The van der Waals surface area contributed by atoms with Gasteiger partial charge in [-0.1, -0.05) is 12.1 Å². The highest BCUT2D eigenvalue weighted by Crippen LogP contribution is 2.23. The highest BCUT2D eigenvalue weighted by atomic mass is 16.4. The summed E-state index contributed by atoms with van der Waals surface area (Å²) in [6.07, 6.45) is 0. The van der Waals surface area contributed by atoms with Gasteiger partial charge in [-0.05, 0) is 12.1 Å². The van der Waals surface area contributed by atoms with Gasteiger partial charge >= 0.3 is 12.0 Å². The van der Waals surface area contributed by atoms with E-state index in [1.54, 1.807) is 12.1 Å². The number of hydrogen-bond donors (Lipinski definition) is 4. The molecular weight excluding hydrogens is 250 g/mol. The molecule has 0 aromatic heterocycles. The number of aliphatic carboxylic acids is 1. The first-order chi connectivity index (χ1) is 8.95. The van der Waals surface area contributed by atoms with Crippen molar-refractivity contribution >= 4 is 23.4 Å². The standard InChI is InChI=1S/C12H17N3O4/c1-15(2)10-6-4-3-5-8(10)13-12(19)14-9(7-16)11(17)18/h3-6,9,16H,7H2,1-2H3,(H,17,18)(H2,13,14,19)/t9-/m0/s1. The van der Waals surface area contributed by atoms with Crippen molar-refractivity contribution < 1.29 is 19.8 Å². The van der Waals surface area contributed by atoms with Crippen LogP contribution in [0.2, 0.25) is 0 Å². The van der Waals surface area contributed by atoms with Crippen molar-refractivity contribution in [2.45, 2.75) is 6.04 Å². The SMILES string of the molecule is CN(C)c1ccccc1NC(=O)N[C@@H](CO)C(=O)O. The third-order valence-electron chi connectivity index (χ3n) is 2.42. The number of anilines is 2. The van der Waals surface area contributed by atoms with Crippen LogP contribution in [-0.4, -0.2) is 49.0 Å². The molecule has 1 aromatic carbocycles. The van der Waals surface area contributed by atoms with Gasteiger partial charge in [0, 0.05) is 14.1 Å². The molecule has 0 aliphatic heterocycles. The predicted octanol–water partition coefficient (Wildman–Crippen LogP) is 0.320. The van der Waals surface area contributed by atoms with E-state index < -0.39 is 24.6 Å². The van der Waals surface area contributed by atoms with Crippen LogP contribution in [0, 0.1) is 0 Å². The van der Waals surface area contributed by atoms with E-state index in [1.165, 1.54) is 0 Å². The molecule has 0 radical (unpaired) electrons. The summed E-state index contributed by atoms with van der Waals surface area (Å²) in [6.45, 7) is -0.669. The summed E-state index contributed by atoms with van der Waals surface area (Å²) < 4.78 is 0. The van der Waals surface area contributed by atoms with Crippen LogP contribution in [0.25, 0.3) is 0 Å². The molecule has 1 atom stereocenters.